The molecule has 4 heteroatoms. The van der Waals surface area contributed by atoms with Crippen molar-refractivity contribution in [3.05, 3.63) is 0 Å². The number of aliphatic carboxylic acids is 1. The summed E-state index contributed by atoms with van der Waals surface area (Å²) in [6, 6.07) is -0.0121. The smallest absolute Gasteiger partial charge is 0.320 e. The van der Waals surface area contributed by atoms with Crippen LogP contribution >= 0.6 is 0 Å². The van der Waals surface area contributed by atoms with Crippen molar-refractivity contribution in [3.63, 3.8) is 0 Å². The van der Waals surface area contributed by atoms with Crippen LogP contribution in [-0.4, -0.2) is 48.3 Å². The first-order chi connectivity index (χ1) is 7.61. The number of methoxy groups -OCH3 is 1. The van der Waals surface area contributed by atoms with Gasteiger partial charge in [-0.1, -0.05) is 6.92 Å². The predicted molar refractivity (Wildman–Crippen MR) is 62.5 cm³/mol. The zero-order chi connectivity index (χ0) is 12.1. The second kappa shape index (κ2) is 6.21. The number of rotatable bonds is 8. The van der Waals surface area contributed by atoms with E-state index in [9.17, 15) is 9.90 Å². The van der Waals surface area contributed by atoms with E-state index >= 15 is 0 Å². The first kappa shape index (κ1) is 13.5. The Morgan fingerprint density at radius 1 is 1.56 bits per heavy atom. The maximum Gasteiger partial charge on any atom is 0.320 e. The lowest BCUT2D eigenvalue weighted by molar-refractivity contribution is -0.144. The molecule has 1 aliphatic rings. The van der Waals surface area contributed by atoms with Gasteiger partial charge in [-0.3, -0.25) is 9.69 Å². The zero-order valence-electron chi connectivity index (χ0n) is 10.5. The van der Waals surface area contributed by atoms with Gasteiger partial charge in [0.05, 0.1) is 6.61 Å². The summed E-state index contributed by atoms with van der Waals surface area (Å²) in [7, 11) is 1.65. The molecule has 0 bridgehead atoms. The number of hydrogen-bond donors (Lipinski definition) is 1. The van der Waals surface area contributed by atoms with Crippen molar-refractivity contribution >= 4 is 5.97 Å². The van der Waals surface area contributed by atoms with Crippen LogP contribution in [-0.2, 0) is 9.53 Å². The Morgan fingerprint density at radius 2 is 2.19 bits per heavy atom. The quantitative estimate of drug-likeness (QED) is 0.687. The van der Waals surface area contributed by atoms with Crippen LogP contribution in [0.3, 0.4) is 0 Å². The fourth-order valence-corrected chi connectivity index (χ4v) is 2.24. The fraction of sp³-hybridized carbons (Fsp3) is 0.917. The summed E-state index contributed by atoms with van der Waals surface area (Å²) in [6.45, 7) is 5.37. The predicted octanol–water partition coefficient (Wildman–Crippen LogP) is 1.60. The van der Waals surface area contributed by atoms with Crippen LogP contribution in [0.5, 0.6) is 0 Å². The number of nitrogens with zero attached hydrogens (tertiary/aromatic N) is 1. The molecular formula is C12H23NO3. The van der Waals surface area contributed by atoms with Gasteiger partial charge in [0.25, 0.3) is 0 Å². The van der Waals surface area contributed by atoms with E-state index < -0.39 is 5.97 Å². The van der Waals surface area contributed by atoms with Crippen molar-refractivity contribution in [1.29, 1.82) is 0 Å². The molecule has 4 nitrogen and oxygen atoms in total. The summed E-state index contributed by atoms with van der Waals surface area (Å²) in [5, 5.41) is 9.21. The first-order valence-corrected chi connectivity index (χ1v) is 6.09. The Hall–Kier alpha value is -0.610. The second-order valence-electron chi connectivity index (χ2n) is 4.57. The number of ether oxygens (including phenoxy) is 1. The van der Waals surface area contributed by atoms with E-state index in [1.165, 1.54) is 12.8 Å². The lowest BCUT2D eigenvalue weighted by Gasteiger charge is -2.33. The zero-order valence-corrected chi connectivity index (χ0v) is 10.5. The Bertz CT molecular complexity index is 228. The Labute approximate surface area is 97.6 Å². The highest BCUT2D eigenvalue weighted by atomic mass is 16.5. The topological polar surface area (TPSA) is 49.8 Å². The average molecular weight is 229 g/mol. The SMILES string of the molecule is CCC(C(=O)O)N(CCOC)C(C)C1CC1. The third kappa shape index (κ3) is 3.46. The molecule has 1 saturated carbocycles. The van der Waals surface area contributed by atoms with Gasteiger partial charge in [-0.25, -0.2) is 0 Å². The molecule has 0 radical (unpaired) electrons. The summed E-state index contributed by atoms with van der Waals surface area (Å²) < 4.78 is 5.06. The molecule has 2 unspecified atom stereocenters. The largest absolute Gasteiger partial charge is 0.480 e. The molecule has 1 fully saturated rings. The van der Waals surface area contributed by atoms with Crippen LogP contribution in [0.15, 0.2) is 0 Å². The maximum absolute atomic E-state index is 11.2. The number of hydrogen-bond acceptors (Lipinski definition) is 3. The van der Waals surface area contributed by atoms with Gasteiger partial charge in [0.1, 0.15) is 6.04 Å². The molecule has 2 atom stereocenters. The molecule has 0 saturated heterocycles. The van der Waals surface area contributed by atoms with Gasteiger partial charge in [-0.15, -0.1) is 0 Å². The van der Waals surface area contributed by atoms with Gasteiger partial charge in [0, 0.05) is 19.7 Å². The van der Waals surface area contributed by atoms with Crippen molar-refractivity contribution < 1.29 is 14.6 Å². The summed E-state index contributed by atoms with van der Waals surface area (Å²) in [6.07, 6.45) is 3.12. The Morgan fingerprint density at radius 3 is 2.56 bits per heavy atom. The van der Waals surface area contributed by atoms with Gasteiger partial charge < -0.3 is 9.84 Å². The lowest BCUT2D eigenvalue weighted by Crippen LogP contribution is -2.48. The van der Waals surface area contributed by atoms with Crippen molar-refractivity contribution in [3.8, 4) is 0 Å². The summed E-state index contributed by atoms with van der Waals surface area (Å²) in [4.78, 5) is 13.3. The van der Waals surface area contributed by atoms with Crippen LogP contribution in [0.25, 0.3) is 0 Å². The summed E-state index contributed by atoms with van der Waals surface area (Å²) in [5.41, 5.74) is 0. The average Bonchev–Trinajstić information content (AvgIpc) is 3.06. The normalized spacial score (nSPS) is 19.8. The van der Waals surface area contributed by atoms with Gasteiger partial charge >= 0.3 is 5.97 Å². The molecule has 0 aliphatic heterocycles. The van der Waals surface area contributed by atoms with Crippen LogP contribution in [0, 0.1) is 5.92 Å². The monoisotopic (exact) mass is 229 g/mol. The fourth-order valence-electron chi connectivity index (χ4n) is 2.24. The minimum Gasteiger partial charge on any atom is -0.480 e. The van der Waals surface area contributed by atoms with E-state index in [-0.39, 0.29) is 6.04 Å². The van der Waals surface area contributed by atoms with Crippen LogP contribution < -0.4 is 0 Å². The molecule has 1 N–H and O–H groups in total. The Kier molecular flexibility index (Phi) is 5.22. The van der Waals surface area contributed by atoms with Gasteiger partial charge in [-0.05, 0) is 32.1 Å². The van der Waals surface area contributed by atoms with E-state index in [2.05, 4.69) is 11.8 Å². The number of carboxylic acid groups (broad SMARTS) is 1. The van der Waals surface area contributed by atoms with Gasteiger partial charge in [0.15, 0.2) is 0 Å². The standard InChI is InChI=1S/C12H23NO3/c1-4-11(12(14)15)13(7-8-16-3)9(2)10-5-6-10/h9-11H,4-8H2,1-3H3,(H,14,15). The van der Waals surface area contributed by atoms with E-state index in [4.69, 9.17) is 4.74 Å². The molecule has 0 aromatic carbocycles. The minimum absolute atomic E-state index is 0.358. The molecular weight excluding hydrogens is 206 g/mol. The molecule has 0 amide bonds. The Balaban J connectivity index is 2.62. The van der Waals surface area contributed by atoms with E-state index in [0.29, 0.717) is 31.5 Å². The van der Waals surface area contributed by atoms with E-state index in [1.54, 1.807) is 7.11 Å². The van der Waals surface area contributed by atoms with Gasteiger partial charge in [0.2, 0.25) is 0 Å². The third-order valence-corrected chi connectivity index (χ3v) is 3.45. The third-order valence-electron chi connectivity index (χ3n) is 3.45. The van der Waals surface area contributed by atoms with Crippen LogP contribution in [0.1, 0.15) is 33.1 Å². The van der Waals surface area contributed by atoms with Crippen molar-refractivity contribution in [2.45, 2.75) is 45.2 Å². The summed E-state index contributed by atoms with van der Waals surface area (Å²) >= 11 is 0. The second-order valence-corrected chi connectivity index (χ2v) is 4.57. The molecule has 1 rings (SSSR count). The van der Waals surface area contributed by atoms with E-state index in [1.807, 2.05) is 6.92 Å². The molecule has 16 heavy (non-hydrogen) atoms. The van der Waals surface area contributed by atoms with E-state index in [0.717, 1.165) is 0 Å². The van der Waals surface area contributed by atoms with Crippen molar-refractivity contribution in [1.82, 2.24) is 4.90 Å². The molecule has 1 aliphatic carbocycles. The number of carboxylic acids is 1. The molecule has 0 spiro atoms. The van der Waals surface area contributed by atoms with Crippen molar-refractivity contribution in [2.75, 3.05) is 20.3 Å². The van der Waals surface area contributed by atoms with Crippen LogP contribution in [0.4, 0.5) is 0 Å². The highest BCUT2D eigenvalue weighted by Crippen LogP contribution is 2.36. The van der Waals surface area contributed by atoms with Crippen LogP contribution in [0.2, 0.25) is 0 Å². The molecule has 0 aromatic rings. The molecule has 94 valence electrons. The van der Waals surface area contributed by atoms with Crippen molar-refractivity contribution in [2.24, 2.45) is 5.92 Å². The number of carbonyl (C=O) groups is 1. The van der Waals surface area contributed by atoms with Gasteiger partial charge in [-0.2, -0.15) is 0 Å². The maximum atomic E-state index is 11.2. The highest BCUT2D eigenvalue weighted by Gasteiger charge is 2.36. The minimum atomic E-state index is -0.717. The summed E-state index contributed by atoms with van der Waals surface area (Å²) in [5.74, 6) is -0.0311. The lowest BCUT2D eigenvalue weighted by atomic mass is 10.1. The first-order valence-electron chi connectivity index (χ1n) is 6.09. The highest BCUT2D eigenvalue weighted by molar-refractivity contribution is 5.73. The molecule has 0 aromatic heterocycles. The molecule has 0 heterocycles.